The summed E-state index contributed by atoms with van der Waals surface area (Å²) in [5.41, 5.74) is 2.80. The molecule has 0 aliphatic heterocycles. The maximum absolute atomic E-state index is 11.8. The first-order valence-corrected chi connectivity index (χ1v) is 10.8. The summed E-state index contributed by atoms with van der Waals surface area (Å²) >= 11 is 0. The van der Waals surface area contributed by atoms with Crippen LogP contribution >= 0.6 is 0 Å². The van der Waals surface area contributed by atoms with Crippen LogP contribution in [-0.4, -0.2) is 47.2 Å². The van der Waals surface area contributed by atoms with E-state index < -0.39 is 0 Å². The summed E-state index contributed by atoms with van der Waals surface area (Å²) in [5.74, 6) is 0.810. The molecule has 1 saturated carbocycles. The van der Waals surface area contributed by atoms with Crippen molar-refractivity contribution in [3.05, 3.63) is 47.3 Å². The lowest BCUT2D eigenvalue weighted by Gasteiger charge is -2.29. The van der Waals surface area contributed by atoms with Gasteiger partial charge in [-0.15, -0.1) is 0 Å². The summed E-state index contributed by atoms with van der Waals surface area (Å²) < 4.78 is 11.4. The maximum Gasteiger partial charge on any atom is 0.299 e. The Morgan fingerprint density at radius 3 is 2.66 bits per heavy atom. The standard InChI is InChI=1S/C22H26N8O2/c1-23-19-10-18-17(12-25-19)21(14-11-26-28(2)13-14)27-30(18)15-4-6-16(7-5-15)32-22-24-9-8-20(31)29(22)3/h8-13,15-16H,4-7H2,1-3H3,(H,23,25). The molecule has 0 spiro atoms. The molecule has 10 nitrogen and oxygen atoms in total. The van der Waals surface area contributed by atoms with Crippen molar-refractivity contribution in [2.24, 2.45) is 14.1 Å². The highest BCUT2D eigenvalue weighted by molar-refractivity contribution is 5.93. The molecule has 166 valence electrons. The molecule has 10 heteroatoms. The van der Waals surface area contributed by atoms with Gasteiger partial charge in [0, 0.05) is 62.8 Å². The van der Waals surface area contributed by atoms with Crippen LogP contribution in [0.1, 0.15) is 31.7 Å². The van der Waals surface area contributed by atoms with E-state index in [9.17, 15) is 4.79 Å². The van der Waals surface area contributed by atoms with Crippen LogP contribution in [-0.2, 0) is 14.1 Å². The Labute approximate surface area is 184 Å². The molecule has 32 heavy (non-hydrogen) atoms. The number of rotatable bonds is 5. The van der Waals surface area contributed by atoms with Gasteiger partial charge in [-0.3, -0.25) is 18.7 Å². The highest BCUT2D eigenvalue weighted by Gasteiger charge is 2.27. The van der Waals surface area contributed by atoms with Gasteiger partial charge < -0.3 is 10.1 Å². The molecule has 5 rings (SSSR count). The fraction of sp³-hybridized carbons (Fsp3) is 0.409. The quantitative estimate of drug-likeness (QED) is 0.515. The molecular weight excluding hydrogens is 408 g/mol. The van der Waals surface area contributed by atoms with Gasteiger partial charge in [-0.25, -0.2) is 9.97 Å². The van der Waals surface area contributed by atoms with E-state index in [4.69, 9.17) is 9.84 Å². The van der Waals surface area contributed by atoms with Crippen molar-refractivity contribution in [3.63, 3.8) is 0 Å². The van der Waals surface area contributed by atoms with Crippen LogP contribution in [0.25, 0.3) is 22.2 Å². The third-order valence-electron chi connectivity index (χ3n) is 6.11. The van der Waals surface area contributed by atoms with E-state index in [0.29, 0.717) is 6.01 Å². The summed E-state index contributed by atoms with van der Waals surface area (Å²) in [4.78, 5) is 20.5. The van der Waals surface area contributed by atoms with Gasteiger partial charge >= 0.3 is 0 Å². The summed E-state index contributed by atoms with van der Waals surface area (Å²) in [6.45, 7) is 0. The molecule has 0 radical (unpaired) electrons. The molecule has 1 N–H and O–H groups in total. The van der Waals surface area contributed by atoms with Crippen LogP contribution in [0.2, 0.25) is 0 Å². The lowest BCUT2D eigenvalue weighted by molar-refractivity contribution is 0.115. The van der Waals surface area contributed by atoms with Crippen LogP contribution in [0.5, 0.6) is 6.01 Å². The van der Waals surface area contributed by atoms with Crippen LogP contribution in [0.15, 0.2) is 41.7 Å². The molecule has 4 aromatic rings. The van der Waals surface area contributed by atoms with Crippen molar-refractivity contribution < 1.29 is 4.74 Å². The predicted molar refractivity (Wildman–Crippen MR) is 121 cm³/mol. The average molecular weight is 435 g/mol. The lowest BCUT2D eigenvalue weighted by atomic mass is 9.93. The second-order valence-electron chi connectivity index (χ2n) is 8.21. The first kappa shape index (κ1) is 20.2. The van der Waals surface area contributed by atoms with Gasteiger partial charge in [0.15, 0.2) is 0 Å². The highest BCUT2D eigenvalue weighted by Crippen LogP contribution is 2.36. The van der Waals surface area contributed by atoms with E-state index in [2.05, 4.69) is 31.1 Å². The number of hydrogen-bond acceptors (Lipinski definition) is 7. The van der Waals surface area contributed by atoms with Crippen LogP contribution in [0.4, 0.5) is 5.82 Å². The summed E-state index contributed by atoms with van der Waals surface area (Å²) in [7, 11) is 5.45. The van der Waals surface area contributed by atoms with Crippen molar-refractivity contribution in [1.29, 1.82) is 0 Å². The van der Waals surface area contributed by atoms with E-state index in [1.807, 2.05) is 32.7 Å². The van der Waals surface area contributed by atoms with Crippen LogP contribution < -0.4 is 15.6 Å². The zero-order valence-electron chi connectivity index (χ0n) is 18.4. The Kier molecular flexibility index (Phi) is 5.12. The number of aryl methyl sites for hydroxylation is 1. The first-order valence-electron chi connectivity index (χ1n) is 10.8. The summed E-state index contributed by atoms with van der Waals surface area (Å²) in [5, 5.41) is 13.4. The van der Waals surface area contributed by atoms with Gasteiger partial charge in [-0.05, 0) is 25.7 Å². The molecule has 1 aliphatic carbocycles. The Hall–Kier alpha value is -3.69. The van der Waals surface area contributed by atoms with Crippen molar-refractivity contribution in [3.8, 4) is 17.3 Å². The number of nitrogens with zero attached hydrogens (tertiary/aromatic N) is 7. The second kappa shape index (κ2) is 8.10. The molecule has 4 heterocycles. The smallest absolute Gasteiger partial charge is 0.299 e. The summed E-state index contributed by atoms with van der Waals surface area (Å²) in [6, 6.07) is 4.10. The van der Waals surface area contributed by atoms with E-state index in [1.54, 1.807) is 11.7 Å². The Morgan fingerprint density at radius 1 is 1.12 bits per heavy atom. The Balaban J connectivity index is 1.41. The number of nitrogens with one attached hydrogen (secondary N) is 1. The third-order valence-corrected chi connectivity index (χ3v) is 6.11. The van der Waals surface area contributed by atoms with E-state index in [0.717, 1.165) is 53.7 Å². The molecule has 4 aromatic heterocycles. The largest absolute Gasteiger partial charge is 0.461 e. The number of fused-ring (bicyclic) bond motifs is 1. The molecule has 0 amide bonds. The van der Waals surface area contributed by atoms with Crippen LogP contribution in [0, 0.1) is 0 Å². The molecular formula is C22H26N8O2. The highest BCUT2D eigenvalue weighted by atomic mass is 16.5. The Bertz CT molecular complexity index is 1310. The van der Waals surface area contributed by atoms with Gasteiger partial charge in [-0.1, -0.05) is 0 Å². The number of aromatic nitrogens is 7. The van der Waals surface area contributed by atoms with E-state index >= 15 is 0 Å². The molecule has 0 atom stereocenters. The molecule has 1 fully saturated rings. The zero-order valence-corrected chi connectivity index (χ0v) is 18.4. The Morgan fingerprint density at radius 2 is 1.94 bits per heavy atom. The third kappa shape index (κ3) is 3.61. The lowest BCUT2D eigenvalue weighted by Crippen LogP contribution is -2.29. The van der Waals surface area contributed by atoms with Gasteiger partial charge in [0.1, 0.15) is 17.6 Å². The van der Waals surface area contributed by atoms with Gasteiger partial charge in [0.05, 0.1) is 17.8 Å². The molecule has 1 aliphatic rings. The topological polar surface area (TPSA) is 105 Å². The number of ether oxygens (including phenoxy) is 1. The first-order chi connectivity index (χ1) is 15.5. The van der Waals surface area contributed by atoms with Gasteiger partial charge in [0.2, 0.25) is 0 Å². The fourth-order valence-electron chi connectivity index (χ4n) is 4.33. The number of hydrogen-bond donors (Lipinski definition) is 1. The van der Waals surface area contributed by atoms with Crippen molar-refractivity contribution in [2.75, 3.05) is 12.4 Å². The SMILES string of the molecule is CNc1cc2c(cn1)c(-c1cnn(C)c1)nn2C1CCC(Oc2nccc(=O)n2C)CC1. The van der Waals surface area contributed by atoms with E-state index in [1.165, 1.54) is 16.8 Å². The molecule has 0 saturated heterocycles. The second-order valence-corrected chi connectivity index (χ2v) is 8.21. The zero-order chi connectivity index (χ0) is 22.2. The summed E-state index contributed by atoms with van der Waals surface area (Å²) in [6.07, 6.45) is 10.8. The monoisotopic (exact) mass is 434 g/mol. The predicted octanol–water partition coefficient (Wildman–Crippen LogP) is 2.53. The number of pyridine rings is 1. The minimum Gasteiger partial charge on any atom is -0.461 e. The minimum absolute atomic E-state index is 0.0286. The van der Waals surface area contributed by atoms with Crippen molar-refractivity contribution >= 4 is 16.7 Å². The fourth-order valence-corrected chi connectivity index (χ4v) is 4.33. The molecule has 0 unspecified atom stereocenters. The van der Waals surface area contributed by atoms with Crippen molar-refractivity contribution in [1.82, 2.24) is 34.1 Å². The maximum atomic E-state index is 11.8. The normalized spacial score (nSPS) is 18.7. The molecule has 0 bridgehead atoms. The minimum atomic E-state index is -0.122. The molecule has 0 aromatic carbocycles. The average Bonchev–Trinajstić information content (AvgIpc) is 3.40. The van der Waals surface area contributed by atoms with E-state index in [-0.39, 0.29) is 17.7 Å². The van der Waals surface area contributed by atoms with Gasteiger partial charge in [-0.2, -0.15) is 10.2 Å². The van der Waals surface area contributed by atoms with Gasteiger partial charge in [0.25, 0.3) is 11.6 Å². The van der Waals surface area contributed by atoms with Crippen molar-refractivity contribution in [2.45, 2.75) is 37.8 Å². The van der Waals surface area contributed by atoms with Crippen LogP contribution in [0.3, 0.4) is 0 Å². The number of anilines is 1.